The van der Waals surface area contributed by atoms with E-state index < -0.39 is 0 Å². The van der Waals surface area contributed by atoms with Crippen LogP contribution in [0.3, 0.4) is 0 Å². The van der Waals surface area contributed by atoms with Crippen molar-refractivity contribution in [3.05, 3.63) is 23.8 Å². The summed E-state index contributed by atoms with van der Waals surface area (Å²) in [5.41, 5.74) is 1.06. The van der Waals surface area contributed by atoms with Crippen molar-refractivity contribution in [2.24, 2.45) is 4.99 Å². The average Bonchev–Trinajstić information content (AvgIpc) is 2.63. The fourth-order valence-corrected chi connectivity index (χ4v) is 2.22. The van der Waals surface area contributed by atoms with Crippen LogP contribution in [0.15, 0.2) is 23.2 Å². The minimum Gasteiger partial charge on any atom is -0.490 e. The molecule has 0 unspecified atom stereocenters. The predicted octanol–water partition coefficient (Wildman–Crippen LogP) is 1.83. The van der Waals surface area contributed by atoms with Crippen molar-refractivity contribution in [3.63, 3.8) is 0 Å². The van der Waals surface area contributed by atoms with Crippen LogP contribution in [0.2, 0.25) is 0 Å². The topological polar surface area (TPSA) is 37.3 Å². The second kappa shape index (κ2) is 6.50. The smallest absolute Gasteiger partial charge is 0.195 e. The first kappa shape index (κ1) is 14.5. The molecule has 0 saturated heterocycles. The Morgan fingerprint density at radius 2 is 1.80 bits per heavy atom. The van der Waals surface area contributed by atoms with Crippen LogP contribution in [0.25, 0.3) is 0 Å². The van der Waals surface area contributed by atoms with E-state index in [0.29, 0.717) is 19.8 Å². The molecule has 1 heterocycles. The van der Waals surface area contributed by atoms with E-state index >= 15 is 0 Å². The van der Waals surface area contributed by atoms with Crippen molar-refractivity contribution in [1.82, 2.24) is 9.80 Å². The van der Waals surface area contributed by atoms with Gasteiger partial charge in [-0.1, -0.05) is 12.1 Å². The van der Waals surface area contributed by atoms with Gasteiger partial charge >= 0.3 is 0 Å². The Balaban J connectivity index is 2.23. The Morgan fingerprint density at radius 3 is 2.50 bits per heavy atom. The van der Waals surface area contributed by atoms with Gasteiger partial charge in [-0.05, 0) is 6.07 Å². The monoisotopic (exact) mass is 277 g/mol. The van der Waals surface area contributed by atoms with Crippen LogP contribution in [-0.4, -0.2) is 57.2 Å². The molecule has 0 aliphatic carbocycles. The second-order valence-corrected chi connectivity index (χ2v) is 5.20. The lowest BCUT2D eigenvalue weighted by Gasteiger charge is -2.22. The molecule has 110 valence electrons. The van der Waals surface area contributed by atoms with Gasteiger partial charge in [0.25, 0.3) is 0 Å². The third kappa shape index (κ3) is 3.35. The zero-order valence-corrected chi connectivity index (χ0v) is 12.7. The van der Waals surface area contributed by atoms with Crippen LogP contribution in [0, 0.1) is 0 Å². The van der Waals surface area contributed by atoms with E-state index in [2.05, 4.69) is 4.99 Å². The van der Waals surface area contributed by atoms with Gasteiger partial charge in [-0.3, -0.25) is 0 Å². The summed E-state index contributed by atoms with van der Waals surface area (Å²) in [5, 5.41) is 0. The normalized spacial score (nSPS) is 13.4. The van der Waals surface area contributed by atoms with Gasteiger partial charge < -0.3 is 19.3 Å². The van der Waals surface area contributed by atoms with Crippen molar-refractivity contribution < 1.29 is 9.47 Å². The van der Waals surface area contributed by atoms with E-state index in [4.69, 9.17) is 9.47 Å². The van der Waals surface area contributed by atoms with Crippen molar-refractivity contribution in [2.75, 3.05) is 41.4 Å². The van der Waals surface area contributed by atoms with Crippen molar-refractivity contribution in [2.45, 2.75) is 13.0 Å². The molecule has 0 amide bonds. The summed E-state index contributed by atoms with van der Waals surface area (Å²) in [7, 11) is 7.96. The number of fused-ring (bicyclic) bond motifs is 1. The zero-order chi connectivity index (χ0) is 14.5. The Kier molecular flexibility index (Phi) is 4.71. The van der Waals surface area contributed by atoms with Gasteiger partial charge in [0.1, 0.15) is 0 Å². The molecule has 0 bridgehead atoms. The van der Waals surface area contributed by atoms with Crippen LogP contribution in [0.5, 0.6) is 11.5 Å². The summed E-state index contributed by atoms with van der Waals surface area (Å²) in [6.45, 7) is 1.99. The highest BCUT2D eigenvalue weighted by Crippen LogP contribution is 2.33. The minimum atomic E-state index is 0.582. The van der Waals surface area contributed by atoms with E-state index in [1.165, 1.54) is 0 Å². The summed E-state index contributed by atoms with van der Waals surface area (Å²) in [5.74, 6) is 2.59. The Hall–Kier alpha value is -1.91. The van der Waals surface area contributed by atoms with E-state index in [9.17, 15) is 0 Å². The Labute approximate surface area is 120 Å². The number of hydrogen-bond acceptors (Lipinski definition) is 3. The molecule has 0 radical (unpaired) electrons. The van der Waals surface area contributed by atoms with E-state index in [1.54, 1.807) is 0 Å². The van der Waals surface area contributed by atoms with Crippen molar-refractivity contribution in [1.29, 1.82) is 0 Å². The maximum Gasteiger partial charge on any atom is 0.195 e. The molecule has 1 aliphatic heterocycles. The summed E-state index contributed by atoms with van der Waals surface area (Å²) >= 11 is 0. The molecule has 20 heavy (non-hydrogen) atoms. The van der Waals surface area contributed by atoms with Gasteiger partial charge in [0.15, 0.2) is 17.5 Å². The lowest BCUT2D eigenvalue weighted by Crippen LogP contribution is -2.35. The summed E-state index contributed by atoms with van der Waals surface area (Å²) in [6, 6.07) is 5.98. The van der Waals surface area contributed by atoms with E-state index in [1.807, 2.05) is 56.2 Å². The maximum atomic E-state index is 5.81. The maximum absolute atomic E-state index is 5.81. The molecule has 0 saturated carbocycles. The number of para-hydroxylation sites is 1. The molecule has 5 heteroatoms. The van der Waals surface area contributed by atoms with Gasteiger partial charge in [-0.25, -0.2) is 4.99 Å². The van der Waals surface area contributed by atoms with E-state index in [0.717, 1.165) is 29.4 Å². The largest absolute Gasteiger partial charge is 0.490 e. The van der Waals surface area contributed by atoms with Gasteiger partial charge in [-0.15, -0.1) is 0 Å². The Bertz CT molecular complexity index is 474. The van der Waals surface area contributed by atoms with Crippen LogP contribution in [-0.2, 0) is 6.54 Å². The van der Waals surface area contributed by atoms with Crippen molar-refractivity contribution in [3.8, 4) is 11.5 Å². The number of nitrogens with zero attached hydrogens (tertiary/aromatic N) is 3. The number of ether oxygens (including phenoxy) is 2. The molecule has 2 rings (SSSR count). The van der Waals surface area contributed by atoms with Crippen LogP contribution in [0.1, 0.15) is 12.0 Å². The molecule has 0 N–H and O–H groups in total. The Morgan fingerprint density at radius 1 is 1.10 bits per heavy atom. The fourth-order valence-electron chi connectivity index (χ4n) is 2.22. The summed E-state index contributed by atoms with van der Waals surface area (Å²) in [6.07, 6.45) is 0.915. The molecule has 1 aromatic carbocycles. The first-order chi connectivity index (χ1) is 9.59. The van der Waals surface area contributed by atoms with Crippen molar-refractivity contribution >= 4 is 5.96 Å². The number of guanidine groups is 1. The summed E-state index contributed by atoms with van der Waals surface area (Å²) in [4.78, 5) is 8.66. The molecule has 0 aromatic heterocycles. The first-order valence-electron chi connectivity index (χ1n) is 6.86. The third-order valence-electron chi connectivity index (χ3n) is 3.04. The fraction of sp³-hybridized carbons (Fsp3) is 0.533. The predicted molar refractivity (Wildman–Crippen MR) is 80.6 cm³/mol. The van der Waals surface area contributed by atoms with Crippen LogP contribution in [0.4, 0.5) is 0 Å². The zero-order valence-electron chi connectivity index (χ0n) is 12.7. The highest BCUT2D eigenvalue weighted by molar-refractivity contribution is 5.79. The highest BCUT2D eigenvalue weighted by Gasteiger charge is 2.14. The summed E-state index contributed by atoms with van der Waals surface area (Å²) < 4.78 is 11.5. The minimum absolute atomic E-state index is 0.582. The number of aliphatic imine (C=N–C) groups is 1. The standard InChI is InChI=1S/C15H23N3O2/c1-17(2)15(18(3)4)16-11-12-7-5-8-13-14(12)20-10-6-9-19-13/h5,7-8H,6,9-11H2,1-4H3. The SMILES string of the molecule is CN(C)C(=NCc1cccc2c1OCCCO2)N(C)C. The molecular formula is C15H23N3O2. The third-order valence-corrected chi connectivity index (χ3v) is 3.04. The average molecular weight is 277 g/mol. The highest BCUT2D eigenvalue weighted by atomic mass is 16.5. The number of rotatable bonds is 2. The second-order valence-electron chi connectivity index (χ2n) is 5.20. The number of benzene rings is 1. The molecule has 5 nitrogen and oxygen atoms in total. The van der Waals surface area contributed by atoms with E-state index in [-0.39, 0.29) is 0 Å². The number of hydrogen-bond donors (Lipinski definition) is 0. The van der Waals surface area contributed by atoms with Gasteiger partial charge in [0.05, 0.1) is 19.8 Å². The molecule has 0 spiro atoms. The molecule has 0 atom stereocenters. The van der Waals surface area contributed by atoms with Crippen LogP contribution < -0.4 is 9.47 Å². The lowest BCUT2D eigenvalue weighted by molar-refractivity contribution is 0.296. The molecule has 0 fully saturated rings. The van der Waals surface area contributed by atoms with Crippen LogP contribution >= 0.6 is 0 Å². The molecule has 1 aliphatic rings. The van der Waals surface area contributed by atoms with Gasteiger partial charge in [0, 0.05) is 40.2 Å². The quantitative estimate of drug-likeness (QED) is 0.610. The molecular weight excluding hydrogens is 254 g/mol. The van der Waals surface area contributed by atoms with Gasteiger partial charge in [-0.2, -0.15) is 0 Å². The molecule has 1 aromatic rings. The van der Waals surface area contributed by atoms with Gasteiger partial charge in [0.2, 0.25) is 0 Å². The lowest BCUT2D eigenvalue weighted by atomic mass is 10.2. The first-order valence-corrected chi connectivity index (χ1v) is 6.86.